The van der Waals surface area contributed by atoms with Crippen LogP contribution in [0.3, 0.4) is 0 Å². The van der Waals surface area contributed by atoms with Gasteiger partial charge in [-0.15, -0.1) is 22.7 Å². The summed E-state index contributed by atoms with van der Waals surface area (Å²) in [6.07, 6.45) is 1.55. The van der Waals surface area contributed by atoms with E-state index in [0.29, 0.717) is 16.1 Å². The molecule has 108 valence electrons. The molecule has 0 saturated heterocycles. The lowest BCUT2D eigenvalue weighted by atomic mass is 10.3. The molecule has 1 amide bonds. The molecule has 3 aromatic heterocycles. The fourth-order valence-corrected chi connectivity index (χ4v) is 3.86. The number of hydrogen-bond donors (Lipinski definition) is 2. The molecule has 0 spiro atoms. The molecule has 0 aliphatic carbocycles. The van der Waals surface area contributed by atoms with Crippen LogP contribution < -0.4 is 16.8 Å². The number of hydrazine groups is 1. The van der Waals surface area contributed by atoms with Crippen molar-refractivity contribution >= 4 is 38.8 Å². The number of hydrogen-bond acceptors (Lipinski definition) is 6. The van der Waals surface area contributed by atoms with Crippen LogP contribution in [0.1, 0.15) is 20.1 Å². The Hall–Kier alpha value is -2.03. The maximum absolute atomic E-state index is 12.4. The summed E-state index contributed by atoms with van der Waals surface area (Å²) in [6, 6.07) is 3.50. The molecule has 21 heavy (non-hydrogen) atoms. The van der Waals surface area contributed by atoms with Crippen molar-refractivity contribution < 1.29 is 4.79 Å². The fourth-order valence-electron chi connectivity index (χ4n) is 2.00. The predicted octanol–water partition coefficient (Wildman–Crippen LogP) is 1.48. The van der Waals surface area contributed by atoms with Crippen LogP contribution >= 0.6 is 22.7 Å². The summed E-state index contributed by atoms with van der Waals surface area (Å²) in [4.78, 5) is 29.5. The molecule has 3 heterocycles. The van der Waals surface area contributed by atoms with E-state index in [2.05, 4.69) is 10.4 Å². The van der Waals surface area contributed by atoms with Crippen LogP contribution in [0, 0.1) is 6.92 Å². The van der Waals surface area contributed by atoms with Gasteiger partial charge >= 0.3 is 0 Å². The highest BCUT2D eigenvalue weighted by molar-refractivity contribution is 7.17. The first kappa shape index (κ1) is 13.9. The third-order valence-corrected chi connectivity index (χ3v) is 5.21. The summed E-state index contributed by atoms with van der Waals surface area (Å²) in [5.41, 5.74) is 3.80. The van der Waals surface area contributed by atoms with Gasteiger partial charge in [0.15, 0.2) is 0 Å². The predicted molar refractivity (Wildman–Crippen MR) is 83.7 cm³/mol. The van der Waals surface area contributed by atoms with E-state index in [1.165, 1.54) is 22.7 Å². The molecule has 0 aromatic carbocycles. The second-order valence-electron chi connectivity index (χ2n) is 4.51. The van der Waals surface area contributed by atoms with Gasteiger partial charge in [-0.2, -0.15) is 0 Å². The van der Waals surface area contributed by atoms with Crippen LogP contribution in [-0.4, -0.2) is 15.5 Å². The van der Waals surface area contributed by atoms with Gasteiger partial charge in [-0.1, -0.05) is 0 Å². The zero-order valence-electron chi connectivity index (χ0n) is 11.1. The average molecular weight is 320 g/mol. The first-order valence-electron chi connectivity index (χ1n) is 6.13. The monoisotopic (exact) mass is 320 g/mol. The van der Waals surface area contributed by atoms with Crippen molar-refractivity contribution in [3.05, 3.63) is 49.5 Å². The van der Waals surface area contributed by atoms with Crippen molar-refractivity contribution in [2.45, 2.75) is 13.5 Å². The summed E-state index contributed by atoms with van der Waals surface area (Å²) >= 11 is 2.71. The fraction of sp³-hybridized carbons (Fsp3) is 0.154. The van der Waals surface area contributed by atoms with E-state index in [1.807, 2.05) is 18.4 Å². The summed E-state index contributed by atoms with van der Waals surface area (Å²) < 4.78 is 2.21. The van der Waals surface area contributed by atoms with Gasteiger partial charge in [0, 0.05) is 4.88 Å². The molecule has 0 aliphatic rings. The Labute approximate surface area is 127 Å². The summed E-state index contributed by atoms with van der Waals surface area (Å²) in [7, 11) is 0. The van der Waals surface area contributed by atoms with Gasteiger partial charge in [0.05, 0.1) is 23.3 Å². The van der Waals surface area contributed by atoms with E-state index in [-0.39, 0.29) is 11.5 Å². The van der Waals surface area contributed by atoms with Crippen LogP contribution in [0.5, 0.6) is 0 Å². The van der Waals surface area contributed by atoms with E-state index < -0.39 is 0 Å². The minimum Gasteiger partial charge on any atom is -0.293 e. The minimum absolute atomic E-state index is 0.0590. The van der Waals surface area contributed by atoms with Crippen molar-refractivity contribution in [3.63, 3.8) is 0 Å². The van der Waals surface area contributed by atoms with E-state index in [9.17, 15) is 9.59 Å². The Balaban J connectivity index is 1.95. The SMILES string of the molecule is Cc1csc2c(=O)n(Cc3ccc(C(=O)NN)s3)cnc12. The number of fused-ring (bicyclic) bond motifs is 1. The maximum Gasteiger partial charge on any atom is 0.275 e. The number of amides is 1. The Bertz CT molecular complexity index is 878. The van der Waals surface area contributed by atoms with Crippen molar-refractivity contribution in [2.24, 2.45) is 5.84 Å². The van der Waals surface area contributed by atoms with Crippen LogP contribution in [0.2, 0.25) is 0 Å². The molecule has 3 rings (SSSR count). The van der Waals surface area contributed by atoms with E-state index in [4.69, 9.17) is 5.84 Å². The molecule has 0 saturated carbocycles. The quantitative estimate of drug-likeness (QED) is 0.434. The molecular formula is C13H12N4O2S2. The maximum atomic E-state index is 12.4. The molecule has 8 heteroatoms. The van der Waals surface area contributed by atoms with Crippen LogP contribution in [-0.2, 0) is 6.54 Å². The highest BCUT2D eigenvalue weighted by Crippen LogP contribution is 2.20. The Morgan fingerprint density at radius 3 is 3.05 bits per heavy atom. The molecule has 0 fully saturated rings. The van der Waals surface area contributed by atoms with Gasteiger partial charge in [-0.3, -0.25) is 19.6 Å². The minimum atomic E-state index is -0.332. The Kier molecular flexibility index (Phi) is 3.58. The molecule has 0 bridgehead atoms. The molecule has 3 N–H and O–H groups in total. The summed E-state index contributed by atoms with van der Waals surface area (Å²) in [5.74, 6) is 4.77. The van der Waals surface area contributed by atoms with Crippen molar-refractivity contribution in [3.8, 4) is 0 Å². The van der Waals surface area contributed by atoms with E-state index >= 15 is 0 Å². The lowest BCUT2D eigenvalue weighted by Crippen LogP contribution is -2.29. The Morgan fingerprint density at radius 1 is 1.48 bits per heavy atom. The normalized spacial score (nSPS) is 11.0. The number of rotatable bonds is 3. The second-order valence-corrected chi connectivity index (χ2v) is 6.56. The highest BCUT2D eigenvalue weighted by Gasteiger charge is 2.11. The smallest absolute Gasteiger partial charge is 0.275 e. The van der Waals surface area contributed by atoms with E-state index in [1.54, 1.807) is 17.0 Å². The summed E-state index contributed by atoms with van der Waals surface area (Å²) in [6.45, 7) is 2.33. The van der Waals surface area contributed by atoms with Gasteiger partial charge in [0.2, 0.25) is 0 Å². The first-order chi connectivity index (χ1) is 10.1. The van der Waals surface area contributed by atoms with Crippen molar-refractivity contribution in [2.75, 3.05) is 0 Å². The largest absolute Gasteiger partial charge is 0.293 e. The van der Waals surface area contributed by atoms with Crippen molar-refractivity contribution in [1.82, 2.24) is 15.0 Å². The highest BCUT2D eigenvalue weighted by atomic mass is 32.1. The second kappa shape index (κ2) is 5.40. The molecular weight excluding hydrogens is 308 g/mol. The number of nitrogens with one attached hydrogen (secondary N) is 1. The first-order valence-corrected chi connectivity index (χ1v) is 7.82. The summed E-state index contributed by atoms with van der Waals surface area (Å²) in [5, 5.41) is 1.93. The van der Waals surface area contributed by atoms with Gasteiger partial charge in [0.1, 0.15) is 4.70 Å². The molecule has 3 aromatic rings. The lowest BCUT2D eigenvalue weighted by Gasteiger charge is -2.03. The molecule has 0 radical (unpaired) electrons. The van der Waals surface area contributed by atoms with E-state index in [0.717, 1.165) is 16.0 Å². The Morgan fingerprint density at radius 2 is 2.29 bits per heavy atom. The average Bonchev–Trinajstić information content (AvgIpc) is 3.09. The van der Waals surface area contributed by atoms with Gasteiger partial charge < -0.3 is 0 Å². The number of aromatic nitrogens is 2. The third kappa shape index (κ3) is 2.48. The number of nitrogens with zero attached hydrogens (tertiary/aromatic N) is 2. The van der Waals surface area contributed by atoms with Crippen LogP contribution in [0.15, 0.2) is 28.6 Å². The number of nitrogens with two attached hydrogens (primary N) is 1. The number of thiophene rings is 2. The van der Waals surface area contributed by atoms with Crippen LogP contribution in [0.4, 0.5) is 0 Å². The third-order valence-electron chi connectivity index (χ3n) is 3.07. The molecule has 0 unspecified atom stereocenters. The lowest BCUT2D eigenvalue weighted by molar-refractivity contribution is 0.0957. The molecule has 0 atom stereocenters. The standard InChI is InChI=1S/C13H12N4O2S2/c1-7-5-20-11-10(7)15-6-17(13(11)19)4-8-2-3-9(21-8)12(18)16-14/h2-3,5-6H,4,14H2,1H3,(H,16,18). The molecule has 6 nitrogen and oxygen atoms in total. The topological polar surface area (TPSA) is 90.0 Å². The van der Waals surface area contributed by atoms with Crippen molar-refractivity contribution in [1.29, 1.82) is 0 Å². The number of carbonyl (C=O) groups excluding carboxylic acids is 1. The van der Waals surface area contributed by atoms with Gasteiger partial charge in [0.25, 0.3) is 11.5 Å². The number of carbonyl (C=O) groups is 1. The van der Waals surface area contributed by atoms with Gasteiger partial charge in [-0.25, -0.2) is 10.8 Å². The number of nitrogen functional groups attached to an aromatic ring is 1. The number of aryl methyl sites for hydroxylation is 1. The van der Waals surface area contributed by atoms with Crippen LogP contribution in [0.25, 0.3) is 10.2 Å². The van der Waals surface area contributed by atoms with Gasteiger partial charge in [-0.05, 0) is 30.0 Å². The molecule has 0 aliphatic heterocycles. The zero-order valence-corrected chi connectivity index (χ0v) is 12.8. The zero-order chi connectivity index (χ0) is 15.0.